The van der Waals surface area contributed by atoms with Gasteiger partial charge in [0.15, 0.2) is 5.82 Å². The van der Waals surface area contributed by atoms with Crippen molar-refractivity contribution in [3.63, 3.8) is 0 Å². The SMILES string of the molecule is Cn1nccc1[C@@H]1OCC[C@H]1CNc1ncnc2cnn(C)c12. The summed E-state index contributed by atoms with van der Waals surface area (Å²) in [6.45, 7) is 1.56. The number of anilines is 1. The first-order valence-corrected chi connectivity index (χ1v) is 7.70. The zero-order valence-electron chi connectivity index (χ0n) is 13.2. The maximum Gasteiger partial charge on any atom is 0.155 e. The first-order chi connectivity index (χ1) is 11.2. The Morgan fingerprint density at radius 1 is 1.26 bits per heavy atom. The van der Waals surface area contributed by atoms with Crippen LogP contribution in [0, 0.1) is 5.92 Å². The van der Waals surface area contributed by atoms with Crippen molar-refractivity contribution in [3.05, 3.63) is 30.5 Å². The van der Waals surface area contributed by atoms with Crippen LogP contribution in [-0.2, 0) is 18.8 Å². The summed E-state index contributed by atoms with van der Waals surface area (Å²) in [5, 5.41) is 11.9. The molecule has 4 rings (SSSR count). The minimum Gasteiger partial charge on any atom is -0.372 e. The fraction of sp³-hybridized carbons (Fsp3) is 0.467. The summed E-state index contributed by atoms with van der Waals surface area (Å²) >= 11 is 0. The molecular formula is C15H19N7O. The van der Waals surface area contributed by atoms with Crippen LogP contribution in [0.5, 0.6) is 0 Å². The molecule has 0 spiro atoms. The van der Waals surface area contributed by atoms with Gasteiger partial charge in [-0.2, -0.15) is 10.2 Å². The Kier molecular flexibility index (Phi) is 3.45. The predicted molar refractivity (Wildman–Crippen MR) is 84.8 cm³/mol. The van der Waals surface area contributed by atoms with Gasteiger partial charge in [-0.3, -0.25) is 9.36 Å². The van der Waals surface area contributed by atoms with Gasteiger partial charge < -0.3 is 10.1 Å². The van der Waals surface area contributed by atoms with Crippen molar-refractivity contribution in [1.29, 1.82) is 0 Å². The second-order valence-corrected chi connectivity index (χ2v) is 5.83. The Morgan fingerprint density at radius 3 is 3.00 bits per heavy atom. The molecule has 3 aromatic heterocycles. The van der Waals surface area contributed by atoms with Gasteiger partial charge in [0.05, 0.1) is 11.9 Å². The zero-order valence-corrected chi connectivity index (χ0v) is 13.2. The van der Waals surface area contributed by atoms with E-state index >= 15 is 0 Å². The zero-order chi connectivity index (χ0) is 15.8. The molecule has 4 heterocycles. The summed E-state index contributed by atoms with van der Waals surface area (Å²) in [5.41, 5.74) is 2.88. The molecule has 23 heavy (non-hydrogen) atoms. The monoisotopic (exact) mass is 313 g/mol. The molecule has 0 aliphatic carbocycles. The van der Waals surface area contributed by atoms with E-state index in [0.29, 0.717) is 5.92 Å². The summed E-state index contributed by atoms with van der Waals surface area (Å²) in [5.74, 6) is 1.19. The van der Waals surface area contributed by atoms with E-state index in [1.807, 2.05) is 31.0 Å². The van der Waals surface area contributed by atoms with Crippen LogP contribution < -0.4 is 5.32 Å². The normalized spacial score (nSPS) is 21.1. The van der Waals surface area contributed by atoms with E-state index in [1.54, 1.807) is 17.2 Å². The van der Waals surface area contributed by atoms with E-state index in [2.05, 4.69) is 25.5 Å². The molecule has 8 heteroatoms. The van der Waals surface area contributed by atoms with Crippen LogP contribution in [0.15, 0.2) is 24.8 Å². The molecule has 3 aromatic rings. The lowest BCUT2D eigenvalue weighted by Gasteiger charge is -2.19. The highest BCUT2D eigenvalue weighted by Gasteiger charge is 2.31. The first kappa shape index (κ1) is 14.1. The third-order valence-corrected chi connectivity index (χ3v) is 4.42. The van der Waals surface area contributed by atoms with Crippen molar-refractivity contribution < 1.29 is 4.74 Å². The molecule has 120 valence electrons. The van der Waals surface area contributed by atoms with Gasteiger partial charge in [0, 0.05) is 39.4 Å². The van der Waals surface area contributed by atoms with Crippen molar-refractivity contribution in [1.82, 2.24) is 29.5 Å². The Morgan fingerprint density at radius 2 is 2.17 bits per heavy atom. The largest absolute Gasteiger partial charge is 0.372 e. The van der Waals surface area contributed by atoms with Crippen LogP contribution in [0.1, 0.15) is 18.2 Å². The first-order valence-electron chi connectivity index (χ1n) is 7.70. The molecule has 0 radical (unpaired) electrons. The highest BCUT2D eigenvalue weighted by Crippen LogP contribution is 2.34. The quantitative estimate of drug-likeness (QED) is 0.781. The molecular weight excluding hydrogens is 294 g/mol. The summed E-state index contributed by atoms with van der Waals surface area (Å²) in [6, 6.07) is 2.02. The molecule has 0 aromatic carbocycles. The van der Waals surface area contributed by atoms with E-state index in [0.717, 1.165) is 42.1 Å². The molecule has 0 amide bonds. The summed E-state index contributed by atoms with van der Waals surface area (Å²) in [6.07, 6.45) is 6.21. The van der Waals surface area contributed by atoms with Crippen LogP contribution in [0.4, 0.5) is 5.82 Å². The summed E-state index contributed by atoms with van der Waals surface area (Å²) in [4.78, 5) is 8.60. The number of fused-ring (bicyclic) bond motifs is 1. The highest BCUT2D eigenvalue weighted by atomic mass is 16.5. The van der Waals surface area contributed by atoms with E-state index in [4.69, 9.17) is 4.74 Å². The van der Waals surface area contributed by atoms with Crippen LogP contribution in [-0.4, -0.2) is 42.7 Å². The lowest BCUT2D eigenvalue weighted by molar-refractivity contribution is 0.0866. The molecule has 1 aliphatic heterocycles. The van der Waals surface area contributed by atoms with Gasteiger partial charge >= 0.3 is 0 Å². The van der Waals surface area contributed by atoms with Crippen molar-refractivity contribution in [3.8, 4) is 0 Å². The third-order valence-electron chi connectivity index (χ3n) is 4.42. The van der Waals surface area contributed by atoms with Crippen LogP contribution in [0.3, 0.4) is 0 Å². The smallest absolute Gasteiger partial charge is 0.155 e. The Labute approximate surface area is 133 Å². The van der Waals surface area contributed by atoms with Gasteiger partial charge in [0.2, 0.25) is 0 Å². The number of nitrogens with zero attached hydrogens (tertiary/aromatic N) is 6. The van der Waals surface area contributed by atoms with Gasteiger partial charge in [-0.15, -0.1) is 0 Å². The van der Waals surface area contributed by atoms with Gasteiger partial charge in [0.1, 0.15) is 23.5 Å². The predicted octanol–water partition coefficient (Wildman–Crippen LogP) is 1.29. The second kappa shape index (κ2) is 5.62. The molecule has 0 unspecified atom stereocenters. The number of hydrogen-bond acceptors (Lipinski definition) is 6. The average molecular weight is 313 g/mol. The molecule has 8 nitrogen and oxygen atoms in total. The lowest BCUT2D eigenvalue weighted by atomic mass is 9.99. The van der Waals surface area contributed by atoms with Crippen LogP contribution in [0.2, 0.25) is 0 Å². The fourth-order valence-corrected chi connectivity index (χ4v) is 3.20. The van der Waals surface area contributed by atoms with Crippen molar-refractivity contribution in [2.75, 3.05) is 18.5 Å². The molecule has 1 aliphatic rings. The van der Waals surface area contributed by atoms with Crippen molar-refractivity contribution >= 4 is 16.9 Å². The molecule has 0 bridgehead atoms. The van der Waals surface area contributed by atoms with E-state index < -0.39 is 0 Å². The minimum absolute atomic E-state index is 0.0684. The van der Waals surface area contributed by atoms with Crippen molar-refractivity contribution in [2.45, 2.75) is 12.5 Å². The standard InChI is InChI=1S/C15H19N7O/c1-21-12(3-5-19-21)14-10(4-6-23-14)7-16-15-13-11(17-9-18-15)8-20-22(13)2/h3,5,8-10,14H,4,6-7H2,1-2H3,(H,16,17,18)/t10-,14+/m0/s1. The Hall–Kier alpha value is -2.48. The van der Waals surface area contributed by atoms with E-state index in [1.165, 1.54) is 0 Å². The topological polar surface area (TPSA) is 82.7 Å². The number of aromatic nitrogens is 6. The molecule has 1 fully saturated rings. The maximum atomic E-state index is 5.92. The van der Waals surface area contributed by atoms with E-state index in [-0.39, 0.29) is 6.10 Å². The average Bonchev–Trinajstić information content (AvgIpc) is 3.26. The number of nitrogens with one attached hydrogen (secondary N) is 1. The minimum atomic E-state index is 0.0684. The number of hydrogen-bond donors (Lipinski definition) is 1. The number of ether oxygens (including phenoxy) is 1. The van der Waals surface area contributed by atoms with Gasteiger partial charge in [-0.1, -0.05) is 0 Å². The summed E-state index contributed by atoms with van der Waals surface area (Å²) in [7, 11) is 3.85. The fourth-order valence-electron chi connectivity index (χ4n) is 3.20. The number of rotatable bonds is 4. The second-order valence-electron chi connectivity index (χ2n) is 5.83. The molecule has 1 N–H and O–H groups in total. The van der Waals surface area contributed by atoms with E-state index in [9.17, 15) is 0 Å². The van der Waals surface area contributed by atoms with Gasteiger partial charge in [-0.25, -0.2) is 9.97 Å². The molecule has 1 saturated heterocycles. The Bertz CT molecular complexity index is 824. The highest BCUT2D eigenvalue weighted by molar-refractivity contribution is 5.84. The van der Waals surface area contributed by atoms with Crippen LogP contribution >= 0.6 is 0 Å². The van der Waals surface area contributed by atoms with Gasteiger partial charge in [0.25, 0.3) is 0 Å². The molecule has 2 atom stereocenters. The van der Waals surface area contributed by atoms with Crippen LogP contribution in [0.25, 0.3) is 11.0 Å². The van der Waals surface area contributed by atoms with Gasteiger partial charge in [-0.05, 0) is 12.5 Å². The lowest BCUT2D eigenvalue weighted by Crippen LogP contribution is -2.20. The molecule has 0 saturated carbocycles. The maximum absolute atomic E-state index is 5.92. The Balaban J connectivity index is 1.54. The number of aryl methyl sites for hydroxylation is 2. The summed E-state index contributed by atoms with van der Waals surface area (Å²) < 4.78 is 9.60. The third kappa shape index (κ3) is 2.44. The van der Waals surface area contributed by atoms with Crippen molar-refractivity contribution in [2.24, 2.45) is 20.0 Å².